The highest BCUT2D eigenvalue weighted by molar-refractivity contribution is 6.21. The van der Waals surface area contributed by atoms with Crippen molar-refractivity contribution in [2.24, 2.45) is 5.92 Å². The summed E-state index contributed by atoms with van der Waals surface area (Å²) < 4.78 is 5.50. The van der Waals surface area contributed by atoms with Crippen molar-refractivity contribution in [1.29, 1.82) is 0 Å². The fourth-order valence-electron chi connectivity index (χ4n) is 3.91. The van der Waals surface area contributed by atoms with Gasteiger partial charge in [0.05, 0.1) is 16.8 Å². The van der Waals surface area contributed by atoms with Gasteiger partial charge < -0.3 is 15.0 Å². The van der Waals surface area contributed by atoms with Crippen molar-refractivity contribution in [3.05, 3.63) is 53.6 Å². The zero-order chi connectivity index (χ0) is 22.8. The van der Waals surface area contributed by atoms with Gasteiger partial charge in [-0.15, -0.1) is 0 Å². The van der Waals surface area contributed by atoms with Gasteiger partial charge in [-0.3, -0.25) is 24.1 Å². The predicted molar refractivity (Wildman–Crippen MR) is 119 cm³/mol. The summed E-state index contributed by atoms with van der Waals surface area (Å²) in [7, 11) is 0. The van der Waals surface area contributed by atoms with Gasteiger partial charge in [0.1, 0.15) is 5.75 Å². The smallest absolute Gasteiger partial charge is 0.265 e. The Morgan fingerprint density at radius 2 is 1.72 bits per heavy atom. The van der Waals surface area contributed by atoms with E-state index in [2.05, 4.69) is 5.32 Å². The number of hydrogen-bond donors (Lipinski definition) is 1. The van der Waals surface area contributed by atoms with Crippen molar-refractivity contribution in [1.82, 2.24) is 4.90 Å². The minimum Gasteiger partial charge on any atom is -0.482 e. The van der Waals surface area contributed by atoms with Crippen LogP contribution in [0.2, 0.25) is 0 Å². The number of benzene rings is 2. The maximum Gasteiger partial charge on any atom is 0.265 e. The van der Waals surface area contributed by atoms with E-state index < -0.39 is 0 Å². The largest absolute Gasteiger partial charge is 0.482 e. The first-order chi connectivity index (χ1) is 15.3. The van der Waals surface area contributed by atoms with Crippen LogP contribution in [0, 0.1) is 5.92 Å². The number of imide groups is 1. The lowest BCUT2D eigenvalue weighted by atomic mass is 10.1. The number of anilines is 2. The fraction of sp³-hybridized carbons (Fsp3) is 0.333. The average Bonchev–Trinajstić information content (AvgIpc) is 3.01. The molecule has 0 radical (unpaired) electrons. The van der Waals surface area contributed by atoms with Gasteiger partial charge in [0.15, 0.2) is 6.61 Å². The monoisotopic (exact) mass is 435 g/mol. The molecule has 2 heterocycles. The molecule has 0 fully saturated rings. The Morgan fingerprint density at radius 3 is 2.38 bits per heavy atom. The quantitative estimate of drug-likeness (QED) is 0.675. The molecule has 0 saturated carbocycles. The number of amides is 4. The first kappa shape index (κ1) is 21.5. The van der Waals surface area contributed by atoms with Crippen LogP contribution in [0.4, 0.5) is 11.4 Å². The SMILES string of the molecule is CC(C)CN1C(=O)COc2ccc(NC(=O)CCCN3C(=O)c4ccccc4C3=O)cc21. The van der Waals surface area contributed by atoms with Gasteiger partial charge in [-0.2, -0.15) is 0 Å². The Morgan fingerprint density at radius 1 is 1.03 bits per heavy atom. The number of hydrogen-bond acceptors (Lipinski definition) is 5. The summed E-state index contributed by atoms with van der Waals surface area (Å²) in [6.07, 6.45) is 0.499. The summed E-state index contributed by atoms with van der Waals surface area (Å²) in [4.78, 5) is 52.4. The summed E-state index contributed by atoms with van der Waals surface area (Å²) in [6, 6.07) is 11.9. The van der Waals surface area contributed by atoms with Gasteiger partial charge in [-0.05, 0) is 42.7 Å². The maximum absolute atomic E-state index is 12.4. The van der Waals surface area contributed by atoms with Gasteiger partial charge in [-0.1, -0.05) is 26.0 Å². The second-order valence-corrected chi connectivity index (χ2v) is 8.33. The van der Waals surface area contributed by atoms with Gasteiger partial charge in [0.2, 0.25) is 5.91 Å². The van der Waals surface area contributed by atoms with Crippen molar-refractivity contribution in [2.45, 2.75) is 26.7 Å². The Labute approximate surface area is 186 Å². The molecule has 0 unspecified atom stereocenters. The molecular formula is C24H25N3O5. The Balaban J connectivity index is 1.35. The van der Waals surface area contributed by atoms with E-state index in [1.807, 2.05) is 13.8 Å². The molecule has 2 aliphatic rings. The maximum atomic E-state index is 12.4. The molecule has 4 amide bonds. The lowest BCUT2D eigenvalue weighted by molar-refractivity contribution is -0.121. The van der Waals surface area contributed by atoms with E-state index in [0.717, 1.165) is 0 Å². The van der Waals surface area contributed by atoms with E-state index in [1.54, 1.807) is 47.4 Å². The summed E-state index contributed by atoms with van der Waals surface area (Å²) in [6.45, 7) is 4.80. The van der Waals surface area contributed by atoms with E-state index in [1.165, 1.54) is 4.90 Å². The van der Waals surface area contributed by atoms with Crippen LogP contribution in [0.5, 0.6) is 5.75 Å². The normalized spacial score (nSPS) is 15.0. The topological polar surface area (TPSA) is 96.0 Å². The molecule has 8 nitrogen and oxygen atoms in total. The fourth-order valence-corrected chi connectivity index (χ4v) is 3.91. The second kappa shape index (κ2) is 8.82. The second-order valence-electron chi connectivity index (χ2n) is 8.33. The van der Waals surface area contributed by atoms with Crippen LogP contribution in [0.1, 0.15) is 47.4 Å². The third-order valence-corrected chi connectivity index (χ3v) is 5.40. The number of rotatable bonds is 7. The van der Waals surface area contributed by atoms with Crippen LogP contribution in [-0.4, -0.2) is 48.2 Å². The van der Waals surface area contributed by atoms with Crippen molar-refractivity contribution >= 4 is 35.0 Å². The predicted octanol–water partition coefficient (Wildman–Crippen LogP) is 3.08. The third kappa shape index (κ3) is 4.21. The van der Waals surface area contributed by atoms with Crippen molar-refractivity contribution in [3.63, 3.8) is 0 Å². The first-order valence-electron chi connectivity index (χ1n) is 10.7. The molecule has 0 bridgehead atoms. The molecule has 2 aromatic carbocycles. The standard InChI is InChI=1S/C24H25N3O5/c1-15(2)13-27-19-12-16(9-10-20(19)32-14-22(27)29)25-21(28)8-5-11-26-23(30)17-6-3-4-7-18(17)24(26)31/h3-4,6-7,9-10,12,15H,5,8,11,13-14H2,1-2H3,(H,25,28). The summed E-state index contributed by atoms with van der Waals surface area (Å²) in [5, 5.41) is 2.82. The highest BCUT2D eigenvalue weighted by Crippen LogP contribution is 2.35. The molecule has 2 aliphatic heterocycles. The van der Waals surface area contributed by atoms with Gasteiger partial charge in [0, 0.05) is 25.2 Å². The number of nitrogens with one attached hydrogen (secondary N) is 1. The first-order valence-corrected chi connectivity index (χ1v) is 10.7. The summed E-state index contributed by atoms with van der Waals surface area (Å²) in [5.41, 5.74) is 2.00. The minimum absolute atomic E-state index is 0.00321. The molecule has 0 saturated heterocycles. The molecule has 0 aliphatic carbocycles. The molecular weight excluding hydrogens is 410 g/mol. The van der Waals surface area contributed by atoms with Gasteiger partial charge >= 0.3 is 0 Å². The lowest BCUT2D eigenvalue weighted by Crippen LogP contribution is -2.41. The number of ether oxygens (including phenoxy) is 1. The number of carbonyl (C=O) groups is 4. The average molecular weight is 435 g/mol. The van der Waals surface area contributed by atoms with Crippen molar-refractivity contribution < 1.29 is 23.9 Å². The number of nitrogens with zero attached hydrogens (tertiary/aromatic N) is 2. The number of carbonyl (C=O) groups excluding carboxylic acids is 4. The molecule has 0 aromatic heterocycles. The van der Waals surface area contributed by atoms with Crippen LogP contribution < -0.4 is 15.0 Å². The van der Waals surface area contributed by atoms with Crippen LogP contribution >= 0.6 is 0 Å². The third-order valence-electron chi connectivity index (χ3n) is 5.40. The van der Waals surface area contributed by atoms with Crippen molar-refractivity contribution in [3.8, 4) is 5.75 Å². The van der Waals surface area contributed by atoms with E-state index in [9.17, 15) is 19.2 Å². The summed E-state index contributed by atoms with van der Waals surface area (Å²) >= 11 is 0. The van der Waals surface area contributed by atoms with Gasteiger partial charge in [0.25, 0.3) is 17.7 Å². The highest BCUT2D eigenvalue weighted by atomic mass is 16.5. The molecule has 166 valence electrons. The Bertz CT molecular complexity index is 1060. The van der Waals surface area contributed by atoms with Gasteiger partial charge in [-0.25, -0.2) is 0 Å². The van der Waals surface area contributed by atoms with E-state index >= 15 is 0 Å². The summed E-state index contributed by atoms with van der Waals surface area (Å²) in [5.74, 6) is -0.110. The molecule has 2 aromatic rings. The molecule has 32 heavy (non-hydrogen) atoms. The van der Waals surface area contributed by atoms with E-state index in [-0.39, 0.29) is 49.1 Å². The van der Waals surface area contributed by atoms with Crippen LogP contribution in [-0.2, 0) is 9.59 Å². The molecule has 0 atom stereocenters. The zero-order valence-electron chi connectivity index (χ0n) is 18.1. The number of fused-ring (bicyclic) bond motifs is 2. The zero-order valence-corrected chi connectivity index (χ0v) is 18.1. The Kier molecular flexibility index (Phi) is 5.94. The lowest BCUT2D eigenvalue weighted by Gasteiger charge is -2.31. The Hall–Kier alpha value is -3.68. The van der Waals surface area contributed by atoms with Crippen LogP contribution in [0.15, 0.2) is 42.5 Å². The van der Waals surface area contributed by atoms with E-state index in [4.69, 9.17) is 4.74 Å². The molecule has 1 N–H and O–H groups in total. The van der Waals surface area contributed by atoms with E-state index in [0.29, 0.717) is 41.2 Å². The molecule has 0 spiro atoms. The van der Waals surface area contributed by atoms with Crippen LogP contribution in [0.3, 0.4) is 0 Å². The van der Waals surface area contributed by atoms with Crippen molar-refractivity contribution in [2.75, 3.05) is 29.9 Å². The minimum atomic E-state index is -0.324. The highest BCUT2D eigenvalue weighted by Gasteiger charge is 2.34. The van der Waals surface area contributed by atoms with Crippen LogP contribution in [0.25, 0.3) is 0 Å². The molecule has 8 heteroatoms. The molecule has 4 rings (SSSR count).